The maximum absolute atomic E-state index is 12.6. The summed E-state index contributed by atoms with van der Waals surface area (Å²) < 4.78 is 35.3. The number of halogens is 1. The lowest BCUT2D eigenvalue weighted by molar-refractivity contribution is 0.0531. The average Bonchev–Trinajstić information content (AvgIpc) is 3.02. The monoisotopic (exact) mass is 443 g/mol. The molecule has 5 nitrogen and oxygen atoms in total. The molecule has 1 aliphatic carbocycles. The summed E-state index contributed by atoms with van der Waals surface area (Å²) in [6.07, 6.45) is 7.29. The van der Waals surface area contributed by atoms with Crippen molar-refractivity contribution in [3.05, 3.63) is 51.4 Å². The summed E-state index contributed by atoms with van der Waals surface area (Å²) in [5, 5.41) is 0.459. The molecule has 1 aromatic heterocycles. The van der Waals surface area contributed by atoms with Gasteiger partial charge in [0.05, 0.1) is 15.7 Å². The van der Waals surface area contributed by atoms with Gasteiger partial charge in [-0.3, -0.25) is 0 Å². The number of benzene rings is 1. The van der Waals surface area contributed by atoms with E-state index in [0.29, 0.717) is 16.5 Å². The van der Waals surface area contributed by atoms with Gasteiger partial charge in [-0.1, -0.05) is 23.8 Å². The Hall–Kier alpha value is -1.48. The summed E-state index contributed by atoms with van der Waals surface area (Å²) in [5.74, 6) is -0.363. The van der Waals surface area contributed by atoms with Crippen molar-refractivity contribution in [2.24, 2.45) is 3.77 Å². The molecule has 1 atom stereocenters. The van der Waals surface area contributed by atoms with Crippen LogP contribution in [0.25, 0.3) is 6.08 Å². The van der Waals surface area contributed by atoms with Crippen LogP contribution in [-0.4, -0.2) is 27.2 Å². The molecule has 0 aliphatic heterocycles. The van der Waals surface area contributed by atoms with Gasteiger partial charge in [0.15, 0.2) is 0 Å². The Bertz CT molecular complexity index is 1040. The normalized spacial score (nSPS) is 14.8. The minimum absolute atomic E-state index is 0.0952. The summed E-state index contributed by atoms with van der Waals surface area (Å²) >= 11 is 7.10. The van der Waals surface area contributed by atoms with Crippen molar-refractivity contribution in [3.63, 3.8) is 0 Å². The number of sulfonamides is 1. The molecular weight excluding hydrogens is 426 g/mol. The largest absolute Gasteiger partial charge is 0.462 e. The molecule has 0 unspecified atom stereocenters. The Labute approximate surface area is 170 Å². The van der Waals surface area contributed by atoms with Crippen LogP contribution in [0.4, 0.5) is 0 Å². The first-order chi connectivity index (χ1) is 12.8. The summed E-state index contributed by atoms with van der Waals surface area (Å²) in [6, 6.07) is 5.91. The van der Waals surface area contributed by atoms with E-state index >= 15 is 0 Å². The highest BCUT2D eigenvalue weighted by Crippen LogP contribution is 2.37. The third-order valence-electron chi connectivity index (χ3n) is 3.91. The lowest BCUT2D eigenvalue weighted by Crippen LogP contribution is -2.06. The zero-order valence-corrected chi connectivity index (χ0v) is 18.0. The fourth-order valence-electron chi connectivity index (χ4n) is 2.71. The van der Waals surface area contributed by atoms with Crippen LogP contribution in [-0.2, 0) is 31.9 Å². The number of hydrogen-bond acceptors (Lipinski definition) is 5. The third-order valence-corrected chi connectivity index (χ3v) is 9.46. The second-order valence-corrected chi connectivity index (χ2v) is 10.9. The number of fused-ring (bicyclic) bond motifs is 1. The highest BCUT2D eigenvalue weighted by atomic mass is 35.5. The predicted octanol–water partition coefficient (Wildman–Crippen LogP) is 4.72. The molecule has 0 amide bonds. The molecule has 1 aromatic carbocycles. The second-order valence-electron chi connectivity index (χ2n) is 5.75. The SMILES string of the molecule is CCOC(=O)c1sc([S@@](C)=NS(=O)(=O)c2ccc(Cl)cc2)c2c1CCC=C2. The molecule has 2 aromatic rings. The van der Waals surface area contributed by atoms with Gasteiger partial charge in [-0.2, -0.15) is 8.42 Å². The first-order valence-electron chi connectivity index (χ1n) is 8.22. The lowest BCUT2D eigenvalue weighted by Gasteiger charge is -2.09. The van der Waals surface area contributed by atoms with Gasteiger partial charge in [0.25, 0.3) is 10.0 Å². The maximum atomic E-state index is 12.6. The van der Waals surface area contributed by atoms with Gasteiger partial charge in [0.1, 0.15) is 4.88 Å². The zero-order chi connectivity index (χ0) is 19.6. The third kappa shape index (κ3) is 4.34. The van der Waals surface area contributed by atoms with Crippen molar-refractivity contribution >= 4 is 55.7 Å². The Morgan fingerprint density at radius 1 is 1.33 bits per heavy atom. The highest BCUT2D eigenvalue weighted by Gasteiger charge is 2.25. The van der Waals surface area contributed by atoms with Crippen LogP contribution in [0.2, 0.25) is 5.02 Å². The van der Waals surface area contributed by atoms with Crippen LogP contribution in [0.15, 0.2) is 43.2 Å². The first kappa shape index (κ1) is 20.3. The smallest absolute Gasteiger partial charge is 0.348 e. The van der Waals surface area contributed by atoms with Crippen molar-refractivity contribution in [1.29, 1.82) is 0 Å². The minimum atomic E-state index is -3.83. The zero-order valence-electron chi connectivity index (χ0n) is 14.8. The summed E-state index contributed by atoms with van der Waals surface area (Å²) in [5.41, 5.74) is 1.82. The molecular formula is C18H18ClNO4S3. The van der Waals surface area contributed by atoms with E-state index in [2.05, 4.69) is 3.77 Å². The fourth-order valence-corrected chi connectivity index (χ4v) is 7.59. The van der Waals surface area contributed by atoms with E-state index in [4.69, 9.17) is 16.3 Å². The molecule has 27 heavy (non-hydrogen) atoms. The highest BCUT2D eigenvalue weighted by molar-refractivity contribution is 8.00. The van der Waals surface area contributed by atoms with Crippen LogP contribution < -0.4 is 0 Å². The molecule has 1 heterocycles. The first-order valence-corrected chi connectivity index (χ1v) is 12.4. The minimum Gasteiger partial charge on any atom is -0.462 e. The number of thiophene rings is 1. The van der Waals surface area contributed by atoms with Gasteiger partial charge in [-0.05, 0) is 66.5 Å². The number of hydrogen-bond donors (Lipinski definition) is 0. The van der Waals surface area contributed by atoms with Crippen LogP contribution >= 0.6 is 22.9 Å². The van der Waals surface area contributed by atoms with E-state index in [0.717, 1.165) is 28.2 Å². The van der Waals surface area contributed by atoms with E-state index in [1.54, 1.807) is 13.2 Å². The number of rotatable bonds is 5. The van der Waals surface area contributed by atoms with Crippen molar-refractivity contribution in [1.82, 2.24) is 0 Å². The molecule has 0 fully saturated rings. The summed E-state index contributed by atoms with van der Waals surface area (Å²) in [7, 11) is -4.76. The van der Waals surface area contributed by atoms with Gasteiger partial charge in [-0.15, -0.1) is 15.1 Å². The van der Waals surface area contributed by atoms with Crippen LogP contribution in [0, 0.1) is 0 Å². The molecule has 1 aliphatic rings. The standard InChI is InChI=1S/C18H18ClNO4S3/c1-3-24-17(21)16-14-6-4-5-7-15(14)18(25-16)26(2)20-27(22,23)13-10-8-12(19)9-11-13/h5,7-11H,3-4,6H2,1-2H3/t26-/m1/s1. The molecule has 0 radical (unpaired) electrons. The number of esters is 1. The lowest BCUT2D eigenvalue weighted by atomic mass is 10.00. The molecule has 3 rings (SSSR count). The van der Waals surface area contributed by atoms with Gasteiger partial charge in [-0.25, -0.2) is 4.79 Å². The maximum Gasteiger partial charge on any atom is 0.348 e. The average molecular weight is 444 g/mol. The van der Waals surface area contributed by atoms with Gasteiger partial charge in [0.2, 0.25) is 0 Å². The Kier molecular flexibility index (Phi) is 6.20. The molecule has 0 N–H and O–H groups in total. The summed E-state index contributed by atoms with van der Waals surface area (Å²) in [4.78, 5) is 12.9. The quantitative estimate of drug-likeness (QED) is 0.627. The van der Waals surface area contributed by atoms with Crippen molar-refractivity contribution in [2.75, 3.05) is 12.9 Å². The second kappa shape index (κ2) is 8.26. The van der Waals surface area contributed by atoms with Crippen LogP contribution in [0.5, 0.6) is 0 Å². The van der Waals surface area contributed by atoms with Gasteiger partial charge >= 0.3 is 5.97 Å². The molecule has 0 saturated heterocycles. The topological polar surface area (TPSA) is 72.8 Å². The Morgan fingerprint density at radius 2 is 2.04 bits per heavy atom. The molecule has 0 saturated carbocycles. The van der Waals surface area contributed by atoms with Crippen LogP contribution in [0.1, 0.15) is 34.1 Å². The van der Waals surface area contributed by atoms with Crippen molar-refractivity contribution in [3.8, 4) is 0 Å². The molecule has 144 valence electrons. The molecule has 0 spiro atoms. The van der Waals surface area contributed by atoms with Gasteiger partial charge in [0, 0.05) is 10.6 Å². The Balaban J connectivity index is 2.05. The Morgan fingerprint density at radius 3 is 2.70 bits per heavy atom. The fraction of sp³-hybridized carbons (Fsp3) is 0.278. The number of allylic oxidation sites excluding steroid dienone is 1. The predicted molar refractivity (Wildman–Crippen MR) is 110 cm³/mol. The number of carbonyl (C=O) groups is 1. The van der Waals surface area contributed by atoms with E-state index < -0.39 is 20.7 Å². The summed E-state index contributed by atoms with van der Waals surface area (Å²) in [6.45, 7) is 2.06. The number of carbonyl (C=O) groups excluding carboxylic acids is 1. The number of nitrogens with zero attached hydrogens (tertiary/aromatic N) is 1. The van der Waals surface area contributed by atoms with Crippen molar-refractivity contribution in [2.45, 2.75) is 28.9 Å². The van der Waals surface area contributed by atoms with Crippen molar-refractivity contribution < 1.29 is 17.9 Å². The molecule has 0 bridgehead atoms. The van der Waals surface area contributed by atoms with E-state index in [-0.39, 0.29) is 10.9 Å². The van der Waals surface area contributed by atoms with E-state index in [9.17, 15) is 13.2 Å². The van der Waals surface area contributed by atoms with Crippen LogP contribution in [0.3, 0.4) is 0 Å². The number of ether oxygens (including phenoxy) is 1. The van der Waals surface area contributed by atoms with E-state index in [1.165, 1.54) is 35.6 Å². The van der Waals surface area contributed by atoms with E-state index in [1.807, 2.05) is 12.2 Å². The van der Waals surface area contributed by atoms with Gasteiger partial charge < -0.3 is 4.74 Å². The molecule has 9 heteroatoms.